The Morgan fingerprint density at radius 2 is 2.33 bits per heavy atom. The van der Waals surface area contributed by atoms with Crippen molar-refractivity contribution >= 4 is 11.6 Å². The van der Waals surface area contributed by atoms with E-state index < -0.39 is 11.5 Å². The highest BCUT2D eigenvalue weighted by Gasteiger charge is 2.09. The summed E-state index contributed by atoms with van der Waals surface area (Å²) in [6.45, 7) is 1.95. The predicted octanol–water partition coefficient (Wildman–Crippen LogP) is 0.743. The van der Waals surface area contributed by atoms with Crippen molar-refractivity contribution in [3.63, 3.8) is 0 Å². The van der Waals surface area contributed by atoms with Gasteiger partial charge in [-0.25, -0.2) is 9.78 Å². The smallest absolute Gasteiger partial charge is 0.339 e. The SMILES string of the molecule is CCOC(=O)c1ccc2ncc(C#N)c(=O)n2c1. The molecule has 0 fully saturated rings. The third kappa shape index (κ3) is 1.94. The summed E-state index contributed by atoms with van der Waals surface area (Å²) in [4.78, 5) is 27.3. The number of carbonyl (C=O) groups excluding carboxylic acids is 1. The van der Waals surface area contributed by atoms with E-state index in [9.17, 15) is 9.59 Å². The van der Waals surface area contributed by atoms with E-state index in [0.717, 1.165) is 4.40 Å². The van der Waals surface area contributed by atoms with Crippen molar-refractivity contribution in [3.05, 3.63) is 46.0 Å². The average molecular weight is 243 g/mol. The highest BCUT2D eigenvalue weighted by atomic mass is 16.5. The van der Waals surface area contributed by atoms with Crippen LogP contribution in [0, 0.1) is 11.3 Å². The Kier molecular flexibility index (Phi) is 3.06. The second-order valence-corrected chi connectivity index (χ2v) is 3.46. The second-order valence-electron chi connectivity index (χ2n) is 3.46. The summed E-state index contributed by atoms with van der Waals surface area (Å²) < 4.78 is 5.99. The number of carbonyl (C=O) groups is 1. The second kappa shape index (κ2) is 4.67. The maximum atomic E-state index is 11.8. The van der Waals surface area contributed by atoms with E-state index >= 15 is 0 Å². The Bertz CT molecular complexity index is 713. The van der Waals surface area contributed by atoms with Crippen LogP contribution >= 0.6 is 0 Å². The fourth-order valence-corrected chi connectivity index (χ4v) is 1.49. The van der Waals surface area contributed by atoms with Crippen LogP contribution in [0.15, 0.2) is 29.3 Å². The molecular weight excluding hydrogens is 234 g/mol. The third-order valence-electron chi connectivity index (χ3n) is 2.33. The lowest BCUT2D eigenvalue weighted by atomic mass is 10.2. The van der Waals surface area contributed by atoms with Gasteiger partial charge in [0.05, 0.1) is 18.4 Å². The predicted molar refractivity (Wildman–Crippen MR) is 62.1 cm³/mol. The van der Waals surface area contributed by atoms with E-state index in [1.165, 1.54) is 24.5 Å². The maximum Gasteiger partial charge on any atom is 0.339 e. The molecule has 2 aromatic rings. The van der Waals surface area contributed by atoms with Gasteiger partial charge in [0.2, 0.25) is 0 Å². The van der Waals surface area contributed by atoms with Crippen molar-refractivity contribution in [2.24, 2.45) is 0 Å². The first kappa shape index (κ1) is 11.8. The van der Waals surface area contributed by atoms with Crippen molar-refractivity contribution in [1.82, 2.24) is 9.38 Å². The molecule has 0 saturated heterocycles. The number of hydrogen-bond donors (Lipinski definition) is 0. The number of pyridine rings is 1. The van der Waals surface area contributed by atoms with Crippen molar-refractivity contribution < 1.29 is 9.53 Å². The van der Waals surface area contributed by atoms with Gasteiger partial charge in [-0.1, -0.05) is 0 Å². The van der Waals surface area contributed by atoms with E-state index in [1.54, 1.807) is 13.0 Å². The van der Waals surface area contributed by atoms with Gasteiger partial charge in [0, 0.05) is 6.20 Å². The molecule has 0 aliphatic heterocycles. The third-order valence-corrected chi connectivity index (χ3v) is 2.33. The molecule has 0 saturated carbocycles. The Labute approximate surface area is 102 Å². The van der Waals surface area contributed by atoms with E-state index in [2.05, 4.69) is 4.98 Å². The summed E-state index contributed by atoms with van der Waals surface area (Å²) in [5.74, 6) is -0.520. The van der Waals surface area contributed by atoms with E-state index in [1.807, 2.05) is 0 Å². The van der Waals surface area contributed by atoms with Crippen molar-refractivity contribution in [3.8, 4) is 6.07 Å². The van der Waals surface area contributed by atoms with Crippen LogP contribution in [-0.4, -0.2) is 22.0 Å². The number of nitrogens with zero attached hydrogens (tertiary/aromatic N) is 3. The van der Waals surface area contributed by atoms with Gasteiger partial charge in [-0.05, 0) is 19.1 Å². The molecule has 18 heavy (non-hydrogen) atoms. The molecule has 2 heterocycles. The Morgan fingerprint density at radius 3 is 3.00 bits per heavy atom. The molecular formula is C12H9N3O3. The fraction of sp³-hybridized carbons (Fsp3) is 0.167. The van der Waals surface area contributed by atoms with Gasteiger partial charge in [-0.3, -0.25) is 9.20 Å². The summed E-state index contributed by atoms with van der Waals surface area (Å²) in [5.41, 5.74) is 0.0255. The standard InChI is InChI=1S/C12H9N3O3/c1-2-18-12(17)8-3-4-10-14-6-9(5-13)11(16)15(10)7-8/h3-4,6-7H,2H2,1H3. The van der Waals surface area contributed by atoms with Crippen LogP contribution < -0.4 is 5.56 Å². The monoisotopic (exact) mass is 243 g/mol. The molecule has 2 rings (SSSR count). The van der Waals surface area contributed by atoms with E-state index in [-0.39, 0.29) is 17.7 Å². The topological polar surface area (TPSA) is 84.5 Å². The van der Waals surface area contributed by atoms with Crippen LogP contribution in [0.4, 0.5) is 0 Å². The van der Waals surface area contributed by atoms with Gasteiger partial charge in [0.15, 0.2) is 0 Å². The minimum Gasteiger partial charge on any atom is -0.462 e. The first-order valence-electron chi connectivity index (χ1n) is 5.26. The number of ether oxygens (including phenoxy) is 1. The fourth-order valence-electron chi connectivity index (χ4n) is 1.49. The lowest BCUT2D eigenvalue weighted by molar-refractivity contribution is 0.0525. The molecule has 0 aliphatic rings. The van der Waals surface area contributed by atoms with Crippen molar-refractivity contribution in [1.29, 1.82) is 5.26 Å². The summed E-state index contributed by atoms with van der Waals surface area (Å²) in [5, 5.41) is 8.75. The molecule has 0 radical (unpaired) electrons. The lowest BCUT2D eigenvalue weighted by Crippen LogP contribution is -2.19. The Hall–Kier alpha value is -2.68. The van der Waals surface area contributed by atoms with Gasteiger partial charge >= 0.3 is 5.97 Å². The Morgan fingerprint density at radius 1 is 1.56 bits per heavy atom. The summed E-state index contributed by atoms with van der Waals surface area (Å²) in [6.07, 6.45) is 2.53. The van der Waals surface area contributed by atoms with Crippen LogP contribution in [-0.2, 0) is 4.74 Å². The highest BCUT2D eigenvalue weighted by molar-refractivity contribution is 5.89. The van der Waals surface area contributed by atoms with Gasteiger partial charge in [0.1, 0.15) is 17.3 Å². The molecule has 0 aliphatic carbocycles. The van der Waals surface area contributed by atoms with Crippen molar-refractivity contribution in [2.45, 2.75) is 6.92 Å². The number of aromatic nitrogens is 2. The van der Waals surface area contributed by atoms with Crippen LogP contribution in [0.1, 0.15) is 22.8 Å². The number of esters is 1. The van der Waals surface area contributed by atoms with Gasteiger partial charge in [0.25, 0.3) is 5.56 Å². The molecule has 0 amide bonds. The molecule has 90 valence electrons. The van der Waals surface area contributed by atoms with Crippen LogP contribution in [0.2, 0.25) is 0 Å². The molecule has 0 spiro atoms. The van der Waals surface area contributed by atoms with Crippen LogP contribution in [0.25, 0.3) is 5.65 Å². The molecule has 0 N–H and O–H groups in total. The largest absolute Gasteiger partial charge is 0.462 e. The van der Waals surface area contributed by atoms with E-state index in [4.69, 9.17) is 10.00 Å². The first-order valence-corrected chi connectivity index (χ1v) is 5.26. The lowest BCUT2D eigenvalue weighted by Gasteiger charge is -2.04. The Balaban J connectivity index is 2.64. The molecule has 6 nitrogen and oxygen atoms in total. The summed E-state index contributed by atoms with van der Waals surface area (Å²) >= 11 is 0. The molecule has 6 heteroatoms. The molecule has 2 aromatic heterocycles. The molecule has 0 aromatic carbocycles. The highest BCUT2D eigenvalue weighted by Crippen LogP contribution is 2.04. The zero-order valence-corrected chi connectivity index (χ0v) is 9.58. The molecule has 0 bridgehead atoms. The van der Waals surface area contributed by atoms with Gasteiger partial charge in [-0.2, -0.15) is 5.26 Å². The zero-order chi connectivity index (χ0) is 13.1. The number of nitriles is 1. The molecule has 0 atom stereocenters. The minimum atomic E-state index is -0.520. The minimum absolute atomic E-state index is 0.0755. The summed E-state index contributed by atoms with van der Waals surface area (Å²) in [6, 6.07) is 4.79. The number of fused-ring (bicyclic) bond motifs is 1. The van der Waals surface area contributed by atoms with Crippen LogP contribution in [0.5, 0.6) is 0 Å². The number of hydrogen-bond acceptors (Lipinski definition) is 5. The molecule has 0 unspecified atom stereocenters. The van der Waals surface area contributed by atoms with Crippen molar-refractivity contribution in [2.75, 3.05) is 6.61 Å². The van der Waals surface area contributed by atoms with Crippen LogP contribution in [0.3, 0.4) is 0 Å². The number of rotatable bonds is 2. The zero-order valence-electron chi connectivity index (χ0n) is 9.58. The van der Waals surface area contributed by atoms with Gasteiger partial charge in [-0.15, -0.1) is 0 Å². The maximum absolute atomic E-state index is 11.8. The normalized spacial score (nSPS) is 10.0. The quantitative estimate of drug-likeness (QED) is 0.726. The van der Waals surface area contributed by atoms with E-state index in [0.29, 0.717) is 5.65 Å². The first-order chi connectivity index (χ1) is 8.67. The van der Waals surface area contributed by atoms with Gasteiger partial charge < -0.3 is 4.74 Å². The summed E-state index contributed by atoms with van der Waals surface area (Å²) in [7, 11) is 0. The average Bonchev–Trinajstić information content (AvgIpc) is 2.39.